The Labute approximate surface area is 185 Å². The van der Waals surface area contributed by atoms with Crippen LogP contribution in [-0.4, -0.2) is 72.8 Å². The summed E-state index contributed by atoms with van der Waals surface area (Å²) in [5, 5.41) is 5.60. The molecule has 2 aliphatic rings. The smallest absolute Gasteiger partial charge is 0.406 e. The lowest BCUT2D eigenvalue weighted by atomic mass is 10.0. The Kier molecular flexibility index (Phi) is 7.64. The Bertz CT molecular complexity index is 871. The van der Waals surface area contributed by atoms with E-state index in [9.17, 15) is 22.8 Å². The largest absolute Gasteiger partial charge is 0.573 e. The van der Waals surface area contributed by atoms with Gasteiger partial charge in [0, 0.05) is 38.1 Å². The minimum Gasteiger partial charge on any atom is -0.406 e. The monoisotopic (exact) mass is 452 g/mol. The van der Waals surface area contributed by atoms with Gasteiger partial charge in [-0.2, -0.15) is 0 Å². The van der Waals surface area contributed by atoms with E-state index in [2.05, 4.69) is 26.2 Å². The van der Waals surface area contributed by atoms with Crippen molar-refractivity contribution < 1.29 is 27.5 Å². The van der Waals surface area contributed by atoms with Gasteiger partial charge >= 0.3 is 6.36 Å². The molecule has 1 aromatic rings. The number of halogens is 3. The molecule has 0 unspecified atom stereocenters. The standard InChI is InChI=1S/C22H27F3N4O3/c1-3-10-26-19(30)8-7-16-13-27-21(31)20-18(28(16)2)9-11-29(20)14-15-5-4-6-17(12-15)32-22(23,24)25/h1,4-6,12,16,18,20H,7-11,13-14H2,2H3,(H,26,30)(H,27,31)/t16-,18+,20-/m0/s1. The number of rotatable bonds is 7. The Hall–Kier alpha value is -2.77. The first-order valence-corrected chi connectivity index (χ1v) is 10.5. The Balaban J connectivity index is 1.65. The van der Waals surface area contributed by atoms with Crippen LogP contribution < -0.4 is 15.4 Å². The minimum atomic E-state index is -4.76. The van der Waals surface area contributed by atoms with Gasteiger partial charge in [0.05, 0.1) is 6.54 Å². The van der Waals surface area contributed by atoms with Crippen LogP contribution >= 0.6 is 0 Å². The SMILES string of the molecule is C#CCNC(=O)CC[C@H]1CNC(=O)[C@@H]2[C@@H](CCN2Cc2cccc(OC(F)(F)F)c2)N1C. The van der Waals surface area contributed by atoms with Crippen molar-refractivity contribution in [2.24, 2.45) is 0 Å². The second-order valence-electron chi connectivity index (χ2n) is 8.05. The number of fused-ring (bicyclic) bond motifs is 1. The molecule has 32 heavy (non-hydrogen) atoms. The number of amides is 2. The van der Waals surface area contributed by atoms with E-state index < -0.39 is 12.4 Å². The Morgan fingerprint density at radius 2 is 2.19 bits per heavy atom. The van der Waals surface area contributed by atoms with E-state index in [1.165, 1.54) is 18.2 Å². The predicted molar refractivity (Wildman–Crippen MR) is 111 cm³/mol. The van der Waals surface area contributed by atoms with Crippen molar-refractivity contribution in [2.75, 3.05) is 26.7 Å². The summed E-state index contributed by atoms with van der Waals surface area (Å²) >= 11 is 0. The topological polar surface area (TPSA) is 73.9 Å². The van der Waals surface area contributed by atoms with Crippen molar-refractivity contribution in [1.29, 1.82) is 0 Å². The molecule has 0 aromatic heterocycles. The summed E-state index contributed by atoms with van der Waals surface area (Å²) in [5.74, 6) is 1.84. The molecule has 7 nitrogen and oxygen atoms in total. The number of nitrogens with zero attached hydrogens (tertiary/aromatic N) is 2. The molecule has 2 saturated heterocycles. The molecule has 10 heteroatoms. The van der Waals surface area contributed by atoms with Crippen molar-refractivity contribution in [3.63, 3.8) is 0 Å². The van der Waals surface area contributed by atoms with E-state index in [1.54, 1.807) is 6.07 Å². The van der Waals surface area contributed by atoms with E-state index in [0.29, 0.717) is 38.0 Å². The first-order chi connectivity index (χ1) is 15.2. The molecule has 3 rings (SSSR count). The lowest BCUT2D eigenvalue weighted by Gasteiger charge is -2.33. The van der Waals surface area contributed by atoms with Crippen LogP contribution in [0.15, 0.2) is 24.3 Å². The highest BCUT2D eigenvalue weighted by Gasteiger charge is 2.45. The molecular weight excluding hydrogens is 425 g/mol. The van der Waals surface area contributed by atoms with Gasteiger partial charge in [0.1, 0.15) is 11.8 Å². The highest BCUT2D eigenvalue weighted by Crippen LogP contribution is 2.30. The van der Waals surface area contributed by atoms with E-state index in [0.717, 1.165) is 6.42 Å². The molecule has 0 spiro atoms. The number of likely N-dealkylation sites (tertiary alicyclic amines) is 1. The summed E-state index contributed by atoms with van der Waals surface area (Å²) in [5.41, 5.74) is 0.633. The van der Waals surface area contributed by atoms with Gasteiger partial charge in [-0.15, -0.1) is 19.6 Å². The molecule has 174 valence electrons. The van der Waals surface area contributed by atoms with Gasteiger partial charge in [-0.05, 0) is 37.6 Å². The van der Waals surface area contributed by atoms with Gasteiger partial charge in [-0.25, -0.2) is 0 Å². The quantitative estimate of drug-likeness (QED) is 0.614. The van der Waals surface area contributed by atoms with Crippen molar-refractivity contribution in [3.8, 4) is 18.1 Å². The van der Waals surface area contributed by atoms with E-state index in [-0.39, 0.29) is 36.2 Å². The van der Waals surface area contributed by atoms with Crippen LogP contribution in [0.4, 0.5) is 13.2 Å². The predicted octanol–water partition coefficient (Wildman–Crippen LogP) is 1.49. The maximum atomic E-state index is 12.9. The Morgan fingerprint density at radius 3 is 2.91 bits per heavy atom. The lowest BCUT2D eigenvalue weighted by molar-refractivity contribution is -0.274. The zero-order chi connectivity index (χ0) is 23.3. The van der Waals surface area contributed by atoms with Crippen LogP contribution in [0.2, 0.25) is 0 Å². The summed E-state index contributed by atoms with van der Waals surface area (Å²) in [7, 11) is 1.95. The van der Waals surface area contributed by atoms with Crippen LogP contribution in [0.3, 0.4) is 0 Å². The molecule has 0 bridgehead atoms. The summed E-state index contributed by atoms with van der Waals surface area (Å²) in [6.45, 7) is 1.57. The normalized spacial score (nSPS) is 24.2. The minimum absolute atomic E-state index is 0.00556. The number of likely N-dealkylation sites (N-methyl/N-ethyl adjacent to an activating group) is 1. The molecule has 0 saturated carbocycles. The average molecular weight is 452 g/mol. The van der Waals surface area contributed by atoms with Crippen molar-refractivity contribution >= 4 is 11.8 Å². The fourth-order valence-electron chi connectivity index (χ4n) is 4.44. The number of carbonyl (C=O) groups is 2. The third-order valence-corrected chi connectivity index (χ3v) is 5.96. The van der Waals surface area contributed by atoms with Crippen molar-refractivity contribution in [2.45, 2.75) is 50.3 Å². The summed E-state index contributed by atoms with van der Waals surface area (Å²) in [4.78, 5) is 28.9. The van der Waals surface area contributed by atoms with Crippen LogP contribution in [0.25, 0.3) is 0 Å². The Morgan fingerprint density at radius 1 is 1.41 bits per heavy atom. The molecule has 2 amide bonds. The number of nitrogens with one attached hydrogen (secondary N) is 2. The molecule has 2 fully saturated rings. The number of terminal acetylenes is 1. The first-order valence-electron chi connectivity index (χ1n) is 10.5. The van der Waals surface area contributed by atoms with Crippen LogP contribution in [0.5, 0.6) is 5.75 Å². The highest BCUT2D eigenvalue weighted by atomic mass is 19.4. The van der Waals surface area contributed by atoms with E-state index in [4.69, 9.17) is 6.42 Å². The number of carbonyl (C=O) groups excluding carboxylic acids is 2. The summed E-state index contributed by atoms with van der Waals surface area (Å²) in [6, 6.07) is 5.33. The maximum absolute atomic E-state index is 12.9. The van der Waals surface area contributed by atoms with Gasteiger partial charge < -0.3 is 15.4 Å². The van der Waals surface area contributed by atoms with Gasteiger partial charge in [0.2, 0.25) is 11.8 Å². The number of alkyl halides is 3. The molecule has 2 aliphatic heterocycles. The first kappa shape index (κ1) is 23.9. The summed E-state index contributed by atoms with van der Waals surface area (Å²) < 4.78 is 41.6. The van der Waals surface area contributed by atoms with Crippen LogP contribution in [-0.2, 0) is 16.1 Å². The van der Waals surface area contributed by atoms with Gasteiger partial charge in [0.15, 0.2) is 0 Å². The molecule has 2 N–H and O–H groups in total. The fraction of sp³-hybridized carbons (Fsp3) is 0.545. The number of hydrogen-bond acceptors (Lipinski definition) is 5. The van der Waals surface area contributed by atoms with E-state index >= 15 is 0 Å². The van der Waals surface area contributed by atoms with Gasteiger partial charge in [-0.3, -0.25) is 19.4 Å². The second kappa shape index (κ2) is 10.2. The lowest BCUT2D eigenvalue weighted by Crippen LogP contribution is -2.49. The van der Waals surface area contributed by atoms with Gasteiger partial charge in [0.25, 0.3) is 0 Å². The molecule has 0 aliphatic carbocycles. The molecule has 2 heterocycles. The third-order valence-electron chi connectivity index (χ3n) is 5.96. The highest BCUT2D eigenvalue weighted by molar-refractivity contribution is 5.83. The fourth-order valence-corrected chi connectivity index (χ4v) is 4.44. The number of ether oxygens (including phenoxy) is 1. The van der Waals surface area contributed by atoms with Gasteiger partial charge in [-0.1, -0.05) is 18.1 Å². The maximum Gasteiger partial charge on any atom is 0.573 e. The van der Waals surface area contributed by atoms with Crippen LogP contribution in [0.1, 0.15) is 24.8 Å². The number of benzene rings is 1. The van der Waals surface area contributed by atoms with E-state index in [1.807, 2.05) is 11.9 Å². The zero-order valence-electron chi connectivity index (χ0n) is 17.8. The molecule has 0 radical (unpaired) electrons. The molecule has 1 aromatic carbocycles. The summed E-state index contributed by atoms with van der Waals surface area (Å²) in [6.07, 6.45) is 2.02. The molecular formula is C22H27F3N4O3. The average Bonchev–Trinajstić information content (AvgIpc) is 3.09. The zero-order valence-corrected chi connectivity index (χ0v) is 17.8. The third kappa shape index (κ3) is 6.14. The second-order valence-corrected chi connectivity index (χ2v) is 8.05. The number of hydrogen-bond donors (Lipinski definition) is 2. The van der Waals surface area contributed by atoms with Crippen LogP contribution in [0, 0.1) is 12.3 Å². The van der Waals surface area contributed by atoms with Crippen molar-refractivity contribution in [1.82, 2.24) is 20.4 Å². The van der Waals surface area contributed by atoms with Crippen molar-refractivity contribution in [3.05, 3.63) is 29.8 Å². The molecule has 3 atom stereocenters.